The van der Waals surface area contributed by atoms with Gasteiger partial charge in [0.15, 0.2) is 0 Å². The molecule has 3 rings (SSSR count). The minimum Gasteiger partial charge on any atom is -0.490 e. The van der Waals surface area contributed by atoms with Gasteiger partial charge in [0.2, 0.25) is 11.8 Å². The van der Waals surface area contributed by atoms with Gasteiger partial charge in [0, 0.05) is 18.3 Å². The molecule has 2 aromatic carbocycles. The molecule has 0 aliphatic carbocycles. The van der Waals surface area contributed by atoms with Crippen molar-refractivity contribution in [3.8, 4) is 5.75 Å². The molecule has 0 spiro atoms. The zero-order valence-corrected chi connectivity index (χ0v) is 16.4. The van der Waals surface area contributed by atoms with Crippen molar-refractivity contribution < 1.29 is 18.7 Å². The maximum Gasteiger partial charge on any atom is 0.236 e. The van der Waals surface area contributed by atoms with Crippen LogP contribution in [0.1, 0.15) is 32.8 Å². The molecule has 0 radical (unpaired) electrons. The summed E-state index contributed by atoms with van der Waals surface area (Å²) >= 11 is 0. The Morgan fingerprint density at radius 1 is 1.21 bits per heavy atom. The Morgan fingerprint density at radius 3 is 2.61 bits per heavy atom. The lowest BCUT2D eigenvalue weighted by Crippen LogP contribution is -2.42. The van der Waals surface area contributed by atoms with Gasteiger partial charge in [-0.25, -0.2) is 4.39 Å². The third-order valence-corrected chi connectivity index (χ3v) is 4.67. The van der Waals surface area contributed by atoms with E-state index in [1.165, 1.54) is 12.1 Å². The number of anilines is 2. The maximum absolute atomic E-state index is 13.0. The Balaban J connectivity index is 1.79. The van der Waals surface area contributed by atoms with Crippen LogP contribution in [0.5, 0.6) is 5.75 Å². The number of fused-ring (bicyclic) bond motifs is 1. The van der Waals surface area contributed by atoms with Gasteiger partial charge < -0.3 is 15.0 Å². The van der Waals surface area contributed by atoms with E-state index in [0.717, 1.165) is 12.0 Å². The van der Waals surface area contributed by atoms with Crippen LogP contribution in [0, 0.1) is 11.2 Å². The third-order valence-electron chi connectivity index (χ3n) is 4.67. The van der Waals surface area contributed by atoms with E-state index in [2.05, 4.69) is 5.32 Å². The zero-order valence-electron chi connectivity index (χ0n) is 16.4. The first kappa shape index (κ1) is 19.9. The van der Waals surface area contributed by atoms with Crippen molar-refractivity contribution in [2.75, 3.05) is 23.4 Å². The highest BCUT2D eigenvalue weighted by molar-refractivity contribution is 6.00. The minimum absolute atomic E-state index is 0.0289. The predicted octanol–water partition coefficient (Wildman–Crippen LogP) is 4.17. The summed E-state index contributed by atoms with van der Waals surface area (Å²) in [6.07, 6.45) is 0.975. The second-order valence-electron chi connectivity index (χ2n) is 7.66. The molecule has 0 atom stereocenters. The Bertz CT molecular complexity index is 878. The van der Waals surface area contributed by atoms with Crippen LogP contribution in [0.2, 0.25) is 0 Å². The van der Waals surface area contributed by atoms with Crippen LogP contribution >= 0.6 is 0 Å². The fraction of sp³-hybridized carbons (Fsp3) is 0.364. The average molecular weight is 384 g/mol. The van der Waals surface area contributed by atoms with Gasteiger partial charge in [-0.3, -0.25) is 9.59 Å². The van der Waals surface area contributed by atoms with Crippen LogP contribution in [-0.4, -0.2) is 25.0 Å². The minimum atomic E-state index is -0.625. The van der Waals surface area contributed by atoms with E-state index in [1.54, 1.807) is 35.2 Å². The first-order valence-corrected chi connectivity index (χ1v) is 9.43. The highest BCUT2D eigenvalue weighted by atomic mass is 19.1. The quantitative estimate of drug-likeness (QED) is 0.842. The molecule has 148 valence electrons. The fourth-order valence-corrected chi connectivity index (χ4v) is 3.16. The van der Waals surface area contributed by atoms with Gasteiger partial charge in [-0.15, -0.1) is 0 Å². The van der Waals surface area contributed by atoms with Gasteiger partial charge in [-0.1, -0.05) is 19.1 Å². The second kappa shape index (κ2) is 8.00. The molecule has 0 saturated carbocycles. The smallest absolute Gasteiger partial charge is 0.236 e. The van der Waals surface area contributed by atoms with Crippen LogP contribution in [0.4, 0.5) is 15.8 Å². The number of hydrogen-bond donors (Lipinski definition) is 1. The summed E-state index contributed by atoms with van der Waals surface area (Å²) in [4.78, 5) is 26.9. The molecule has 5 nitrogen and oxygen atoms in total. The zero-order chi connectivity index (χ0) is 20.3. The number of benzene rings is 2. The van der Waals surface area contributed by atoms with Crippen LogP contribution in [0.3, 0.4) is 0 Å². The van der Waals surface area contributed by atoms with Crippen molar-refractivity contribution >= 4 is 23.2 Å². The molecule has 0 fully saturated rings. The van der Waals surface area contributed by atoms with Gasteiger partial charge in [0.1, 0.15) is 18.2 Å². The largest absolute Gasteiger partial charge is 0.490 e. The molecule has 0 saturated heterocycles. The topological polar surface area (TPSA) is 58.6 Å². The van der Waals surface area contributed by atoms with Gasteiger partial charge in [0.25, 0.3) is 0 Å². The molecule has 0 unspecified atom stereocenters. The SMILES string of the molecule is CCCN1C(=O)C(C)(C)COc2cc(NC(=O)Cc3ccc(F)cc3)ccc21. The fourth-order valence-electron chi connectivity index (χ4n) is 3.16. The molecule has 1 N–H and O–H groups in total. The summed E-state index contributed by atoms with van der Waals surface area (Å²) in [7, 11) is 0. The molecule has 1 heterocycles. The monoisotopic (exact) mass is 384 g/mol. The third kappa shape index (κ3) is 4.32. The Labute approximate surface area is 164 Å². The second-order valence-corrected chi connectivity index (χ2v) is 7.66. The lowest BCUT2D eigenvalue weighted by atomic mass is 9.93. The van der Waals surface area contributed by atoms with Crippen molar-refractivity contribution in [2.45, 2.75) is 33.6 Å². The number of hydrogen-bond acceptors (Lipinski definition) is 3. The summed E-state index contributed by atoms with van der Waals surface area (Å²) in [5.41, 5.74) is 1.41. The number of amides is 2. The van der Waals surface area contributed by atoms with Crippen molar-refractivity contribution in [1.29, 1.82) is 0 Å². The van der Waals surface area contributed by atoms with E-state index in [-0.39, 0.29) is 30.7 Å². The number of carbonyl (C=O) groups excluding carboxylic acids is 2. The molecular weight excluding hydrogens is 359 g/mol. The lowest BCUT2D eigenvalue weighted by Gasteiger charge is -2.27. The molecule has 2 amide bonds. The van der Waals surface area contributed by atoms with Gasteiger partial charge in [-0.2, -0.15) is 0 Å². The first-order chi connectivity index (χ1) is 13.3. The molecule has 1 aliphatic heterocycles. The summed E-state index contributed by atoms with van der Waals surface area (Å²) in [5.74, 6) is 0.0660. The molecule has 0 bridgehead atoms. The Kier molecular flexibility index (Phi) is 5.68. The number of ether oxygens (including phenoxy) is 1. The normalized spacial score (nSPS) is 15.4. The van der Waals surface area contributed by atoms with Gasteiger partial charge >= 0.3 is 0 Å². The number of nitrogens with zero attached hydrogens (tertiary/aromatic N) is 1. The lowest BCUT2D eigenvalue weighted by molar-refractivity contribution is -0.127. The van der Waals surface area contributed by atoms with E-state index in [1.807, 2.05) is 20.8 Å². The van der Waals surface area contributed by atoms with Crippen LogP contribution in [0.15, 0.2) is 42.5 Å². The summed E-state index contributed by atoms with van der Waals surface area (Å²) < 4.78 is 18.9. The van der Waals surface area contributed by atoms with Gasteiger partial charge in [0.05, 0.1) is 17.5 Å². The maximum atomic E-state index is 13.0. The van der Waals surface area contributed by atoms with E-state index >= 15 is 0 Å². The summed E-state index contributed by atoms with van der Waals surface area (Å²) in [5, 5.41) is 2.84. The van der Waals surface area contributed by atoms with E-state index in [9.17, 15) is 14.0 Å². The van der Waals surface area contributed by atoms with Crippen LogP contribution in [-0.2, 0) is 16.0 Å². The van der Waals surface area contributed by atoms with E-state index in [0.29, 0.717) is 23.7 Å². The highest BCUT2D eigenvalue weighted by Crippen LogP contribution is 2.38. The number of rotatable bonds is 5. The van der Waals surface area contributed by atoms with E-state index < -0.39 is 5.41 Å². The average Bonchev–Trinajstić information content (AvgIpc) is 2.74. The summed E-state index contributed by atoms with van der Waals surface area (Å²) in [6, 6.07) is 11.2. The molecule has 0 aromatic heterocycles. The van der Waals surface area contributed by atoms with Crippen molar-refractivity contribution in [1.82, 2.24) is 0 Å². The van der Waals surface area contributed by atoms with Crippen molar-refractivity contribution in [2.24, 2.45) is 5.41 Å². The molecular formula is C22H25FN2O3. The van der Waals surface area contributed by atoms with Gasteiger partial charge in [-0.05, 0) is 50.1 Å². The number of nitrogens with one attached hydrogen (secondary N) is 1. The molecule has 6 heteroatoms. The van der Waals surface area contributed by atoms with Crippen molar-refractivity contribution in [3.05, 3.63) is 53.8 Å². The summed E-state index contributed by atoms with van der Waals surface area (Å²) in [6.45, 7) is 6.64. The predicted molar refractivity (Wildman–Crippen MR) is 107 cm³/mol. The number of carbonyl (C=O) groups is 2. The Hall–Kier alpha value is -2.89. The molecule has 1 aliphatic rings. The van der Waals surface area contributed by atoms with E-state index in [4.69, 9.17) is 4.74 Å². The standard InChI is InChI=1S/C22H25FN2O3/c1-4-11-25-18-10-9-17(13-19(18)28-14-22(2,3)21(25)27)24-20(26)12-15-5-7-16(23)8-6-15/h5-10,13H,4,11-12,14H2,1-3H3,(H,24,26). The van der Waals surface area contributed by atoms with Crippen LogP contribution in [0.25, 0.3) is 0 Å². The van der Waals surface area contributed by atoms with Crippen molar-refractivity contribution in [3.63, 3.8) is 0 Å². The van der Waals surface area contributed by atoms with Crippen LogP contribution < -0.4 is 15.0 Å². The number of halogens is 1. The first-order valence-electron chi connectivity index (χ1n) is 9.43. The molecule has 28 heavy (non-hydrogen) atoms. The molecule has 2 aromatic rings. The Morgan fingerprint density at radius 2 is 1.93 bits per heavy atom. The highest BCUT2D eigenvalue weighted by Gasteiger charge is 2.37.